The largest absolute Gasteiger partial charge is 0.330 e. The van der Waals surface area contributed by atoms with E-state index in [9.17, 15) is 0 Å². The second kappa shape index (κ2) is 10.6. The highest BCUT2D eigenvalue weighted by molar-refractivity contribution is 5.31. The van der Waals surface area contributed by atoms with Crippen molar-refractivity contribution in [3.05, 3.63) is 35.4 Å². The van der Waals surface area contributed by atoms with Gasteiger partial charge in [0.2, 0.25) is 0 Å². The molecule has 1 aromatic rings. The maximum Gasteiger partial charge on any atom is 0.0991 e. The van der Waals surface area contributed by atoms with Crippen LogP contribution in [0.2, 0.25) is 0 Å². The summed E-state index contributed by atoms with van der Waals surface area (Å²) in [6.45, 7) is 8.85. The maximum absolute atomic E-state index is 8.98. The van der Waals surface area contributed by atoms with Gasteiger partial charge in [0.1, 0.15) is 0 Å². The van der Waals surface area contributed by atoms with Gasteiger partial charge in [-0.2, -0.15) is 5.26 Å². The molecule has 0 atom stereocenters. The SMILES string of the molecule is CCC(CC)CN(Cc1ccc(C#N)cc1)CC1CCC(CN)CC1. The third-order valence-corrected chi connectivity index (χ3v) is 5.98. The molecule has 2 rings (SSSR count). The van der Waals surface area contributed by atoms with Crippen molar-refractivity contribution < 1.29 is 0 Å². The molecule has 1 aromatic carbocycles. The molecule has 2 N–H and O–H groups in total. The summed E-state index contributed by atoms with van der Waals surface area (Å²) >= 11 is 0. The van der Waals surface area contributed by atoms with Gasteiger partial charge in [-0.05, 0) is 67.7 Å². The third-order valence-electron chi connectivity index (χ3n) is 5.98. The van der Waals surface area contributed by atoms with Crippen LogP contribution in [0.5, 0.6) is 0 Å². The van der Waals surface area contributed by atoms with E-state index in [1.54, 1.807) is 0 Å². The Morgan fingerprint density at radius 3 is 2.20 bits per heavy atom. The van der Waals surface area contributed by atoms with Crippen LogP contribution in [0.15, 0.2) is 24.3 Å². The molecule has 0 radical (unpaired) electrons. The van der Waals surface area contributed by atoms with Crippen molar-refractivity contribution >= 4 is 0 Å². The lowest BCUT2D eigenvalue weighted by atomic mass is 9.81. The van der Waals surface area contributed by atoms with Gasteiger partial charge >= 0.3 is 0 Å². The molecule has 0 spiro atoms. The fraction of sp³-hybridized carbons (Fsp3) is 0.682. The summed E-state index contributed by atoms with van der Waals surface area (Å²) < 4.78 is 0. The van der Waals surface area contributed by atoms with Crippen molar-refractivity contribution in [2.75, 3.05) is 19.6 Å². The van der Waals surface area contributed by atoms with Crippen molar-refractivity contribution in [3.8, 4) is 6.07 Å². The van der Waals surface area contributed by atoms with Crippen molar-refractivity contribution in [1.29, 1.82) is 5.26 Å². The first-order valence-electron chi connectivity index (χ1n) is 10.1. The number of nitrogens with two attached hydrogens (primary N) is 1. The molecule has 0 saturated heterocycles. The molecule has 1 aliphatic rings. The van der Waals surface area contributed by atoms with Crippen LogP contribution in [0.4, 0.5) is 0 Å². The molecule has 1 fully saturated rings. The summed E-state index contributed by atoms with van der Waals surface area (Å²) in [7, 11) is 0. The monoisotopic (exact) mass is 341 g/mol. The van der Waals surface area contributed by atoms with Crippen molar-refractivity contribution in [2.24, 2.45) is 23.5 Å². The minimum Gasteiger partial charge on any atom is -0.330 e. The molecular formula is C22H35N3. The van der Waals surface area contributed by atoms with E-state index in [2.05, 4.69) is 36.9 Å². The van der Waals surface area contributed by atoms with Crippen molar-refractivity contribution in [3.63, 3.8) is 0 Å². The Kier molecular flexibility index (Phi) is 8.44. The Bertz CT molecular complexity index is 519. The molecule has 0 bridgehead atoms. The van der Waals surface area contributed by atoms with Gasteiger partial charge in [-0.1, -0.05) is 38.8 Å². The van der Waals surface area contributed by atoms with Gasteiger partial charge in [0.15, 0.2) is 0 Å². The van der Waals surface area contributed by atoms with E-state index in [0.717, 1.165) is 36.4 Å². The Hall–Kier alpha value is -1.37. The van der Waals surface area contributed by atoms with E-state index < -0.39 is 0 Å². The first-order valence-corrected chi connectivity index (χ1v) is 10.1. The highest BCUT2D eigenvalue weighted by Gasteiger charge is 2.23. The number of hydrogen-bond acceptors (Lipinski definition) is 3. The van der Waals surface area contributed by atoms with Crippen LogP contribution >= 0.6 is 0 Å². The molecule has 1 aliphatic carbocycles. The number of nitrogens with zero attached hydrogens (tertiary/aromatic N) is 2. The maximum atomic E-state index is 8.98. The molecule has 3 heteroatoms. The smallest absolute Gasteiger partial charge is 0.0991 e. The minimum absolute atomic E-state index is 0.746. The standard InChI is InChI=1S/C22H35N3/c1-3-18(4-2)15-25(16-21-9-5-19(13-23)6-10-21)17-22-11-7-20(14-24)8-12-22/h5-6,9-10,18,20,22H,3-4,7-8,11-12,14-17,24H2,1-2H3. The molecule has 138 valence electrons. The van der Waals surface area contributed by atoms with E-state index in [1.165, 1.54) is 57.2 Å². The summed E-state index contributed by atoms with van der Waals surface area (Å²) in [6.07, 6.45) is 7.76. The van der Waals surface area contributed by atoms with Gasteiger partial charge in [-0.25, -0.2) is 0 Å². The molecule has 0 heterocycles. The van der Waals surface area contributed by atoms with Gasteiger partial charge in [-0.15, -0.1) is 0 Å². The quantitative estimate of drug-likeness (QED) is 0.716. The van der Waals surface area contributed by atoms with Crippen LogP contribution in [0.1, 0.15) is 63.5 Å². The fourth-order valence-electron chi connectivity index (χ4n) is 4.07. The number of benzene rings is 1. The molecule has 1 saturated carbocycles. The van der Waals surface area contributed by atoms with Crippen LogP contribution in [-0.2, 0) is 6.54 Å². The average Bonchev–Trinajstić information content (AvgIpc) is 2.67. The fourth-order valence-corrected chi connectivity index (χ4v) is 4.07. The molecule has 0 unspecified atom stereocenters. The van der Waals surface area contributed by atoms with Crippen molar-refractivity contribution in [2.45, 2.75) is 58.9 Å². The third kappa shape index (κ3) is 6.45. The number of rotatable bonds is 9. The summed E-state index contributed by atoms with van der Waals surface area (Å²) in [4.78, 5) is 2.66. The van der Waals surface area contributed by atoms with E-state index in [1.807, 2.05) is 12.1 Å². The van der Waals surface area contributed by atoms with E-state index in [0.29, 0.717) is 0 Å². The van der Waals surface area contributed by atoms with E-state index in [4.69, 9.17) is 11.0 Å². The lowest BCUT2D eigenvalue weighted by molar-refractivity contribution is 0.153. The van der Waals surface area contributed by atoms with Gasteiger partial charge in [0.05, 0.1) is 11.6 Å². The Morgan fingerprint density at radius 2 is 1.68 bits per heavy atom. The Balaban J connectivity index is 1.98. The lowest BCUT2D eigenvalue weighted by Gasteiger charge is -2.34. The Labute approximate surface area is 154 Å². The predicted octanol–water partition coefficient (Wildman–Crippen LogP) is 4.56. The first-order chi connectivity index (χ1) is 12.2. The second-order valence-electron chi connectivity index (χ2n) is 7.81. The van der Waals surface area contributed by atoms with Crippen molar-refractivity contribution in [1.82, 2.24) is 4.90 Å². The summed E-state index contributed by atoms with van der Waals surface area (Å²) in [6, 6.07) is 10.3. The second-order valence-corrected chi connectivity index (χ2v) is 7.81. The number of nitriles is 1. The lowest BCUT2D eigenvalue weighted by Crippen LogP contribution is -2.35. The zero-order valence-corrected chi connectivity index (χ0v) is 16.1. The first kappa shape index (κ1) is 19.9. The van der Waals surface area contributed by atoms with E-state index >= 15 is 0 Å². The summed E-state index contributed by atoms with van der Waals surface area (Å²) in [5, 5.41) is 8.98. The van der Waals surface area contributed by atoms with Crippen LogP contribution in [0.25, 0.3) is 0 Å². The Morgan fingerprint density at radius 1 is 1.08 bits per heavy atom. The highest BCUT2D eigenvalue weighted by Crippen LogP contribution is 2.29. The number of hydrogen-bond donors (Lipinski definition) is 1. The van der Waals surface area contributed by atoms with Gasteiger partial charge in [0, 0.05) is 19.6 Å². The van der Waals surface area contributed by atoms with Crippen LogP contribution in [0, 0.1) is 29.1 Å². The molecule has 0 aromatic heterocycles. The van der Waals surface area contributed by atoms with Gasteiger partial charge < -0.3 is 5.73 Å². The zero-order valence-electron chi connectivity index (χ0n) is 16.1. The molecular weight excluding hydrogens is 306 g/mol. The summed E-state index contributed by atoms with van der Waals surface area (Å²) in [5.74, 6) is 2.34. The summed E-state index contributed by atoms with van der Waals surface area (Å²) in [5.41, 5.74) is 7.91. The molecule has 3 nitrogen and oxygen atoms in total. The van der Waals surface area contributed by atoms with Crippen LogP contribution in [-0.4, -0.2) is 24.5 Å². The zero-order chi connectivity index (χ0) is 18.1. The molecule has 25 heavy (non-hydrogen) atoms. The molecule has 0 aliphatic heterocycles. The van der Waals surface area contributed by atoms with E-state index in [-0.39, 0.29) is 0 Å². The average molecular weight is 342 g/mol. The van der Waals surface area contributed by atoms with Crippen LogP contribution < -0.4 is 5.73 Å². The topological polar surface area (TPSA) is 53.0 Å². The predicted molar refractivity (Wildman–Crippen MR) is 105 cm³/mol. The van der Waals surface area contributed by atoms with Crippen LogP contribution in [0.3, 0.4) is 0 Å². The molecule has 0 amide bonds. The minimum atomic E-state index is 0.746. The normalized spacial score (nSPS) is 20.8. The van der Waals surface area contributed by atoms with Gasteiger partial charge in [0.25, 0.3) is 0 Å². The van der Waals surface area contributed by atoms with Gasteiger partial charge in [-0.3, -0.25) is 4.90 Å². The highest BCUT2D eigenvalue weighted by atomic mass is 15.1.